The Morgan fingerprint density at radius 1 is 1.12 bits per heavy atom. The lowest BCUT2D eigenvalue weighted by atomic mass is 10.0. The molecule has 3 atom stereocenters. The lowest BCUT2D eigenvalue weighted by molar-refractivity contribution is -0.149. The zero-order chi connectivity index (χ0) is 23.6. The van der Waals surface area contributed by atoms with Crippen LogP contribution < -0.4 is 5.32 Å². The van der Waals surface area contributed by atoms with E-state index in [1.54, 1.807) is 18.7 Å². The molecule has 2 aromatic carbocycles. The van der Waals surface area contributed by atoms with Crippen molar-refractivity contribution in [3.8, 4) is 0 Å². The van der Waals surface area contributed by atoms with Crippen molar-refractivity contribution in [2.75, 3.05) is 24.7 Å². The first kappa shape index (κ1) is 24.8. The molecule has 1 heterocycles. The van der Waals surface area contributed by atoms with Gasteiger partial charge < -0.3 is 14.7 Å². The highest BCUT2D eigenvalue weighted by molar-refractivity contribution is 7.99. The number of carboxylic acid groups (broad SMARTS) is 1. The van der Waals surface area contributed by atoms with Gasteiger partial charge in [-0.1, -0.05) is 60.7 Å². The van der Waals surface area contributed by atoms with Gasteiger partial charge in [0.1, 0.15) is 12.6 Å². The maximum Gasteiger partial charge on any atom is 0.323 e. The van der Waals surface area contributed by atoms with E-state index in [0.717, 1.165) is 11.1 Å². The summed E-state index contributed by atoms with van der Waals surface area (Å²) in [5.41, 5.74) is 1.98. The van der Waals surface area contributed by atoms with Crippen LogP contribution in [0.5, 0.6) is 0 Å². The molecule has 1 aliphatic heterocycles. The number of rotatable bonds is 10. The minimum atomic E-state index is -1.07. The number of carbonyl (C=O) groups is 3. The molecule has 176 valence electrons. The number of benzene rings is 2. The lowest BCUT2D eigenvalue weighted by Gasteiger charge is -2.31. The average molecular weight is 471 g/mol. The van der Waals surface area contributed by atoms with Crippen molar-refractivity contribution in [2.24, 2.45) is 0 Å². The van der Waals surface area contributed by atoms with Crippen LogP contribution in [0.3, 0.4) is 0 Å². The van der Waals surface area contributed by atoms with E-state index in [4.69, 9.17) is 4.74 Å². The maximum atomic E-state index is 13.5. The number of hydrogen-bond acceptors (Lipinski definition) is 6. The number of aliphatic carboxylic acids is 1. The second kappa shape index (κ2) is 12.4. The van der Waals surface area contributed by atoms with Crippen LogP contribution in [0.15, 0.2) is 60.7 Å². The fraction of sp³-hybridized carbons (Fsp3) is 0.400. The Kier molecular flexibility index (Phi) is 9.33. The summed E-state index contributed by atoms with van der Waals surface area (Å²) in [7, 11) is 0. The van der Waals surface area contributed by atoms with E-state index in [1.165, 1.54) is 4.90 Å². The Bertz CT molecular complexity index is 925. The molecule has 0 radical (unpaired) electrons. The molecule has 2 unspecified atom stereocenters. The van der Waals surface area contributed by atoms with Gasteiger partial charge >= 0.3 is 11.9 Å². The summed E-state index contributed by atoms with van der Waals surface area (Å²) in [6.45, 7) is 1.60. The third-order valence-corrected chi connectivity index (χ3v) is 6.67. The van der Waals surface area contributed by atoms with Crippen LogP contribution in [-0.2, 0) is 25.5 Å². The number of carboxylic acids is 1. The number of esters is 1. The van der Waals surface area contributed by atoms with Gasteiger partial charge in [0.2, 0.25) is 5.91 Å². The predicted molar refractivity (Wildman–Crippen MR) is 128 cm³/mol. The van der Waals surface area contributed by atoms with Crippen molar-refractivity contribution in [3.63, 3.8) is 0 Å². The number of amides is 1. The van der Waals surface area contributed by atoms with Crippen molar-refractivity contribution >= 4 is 29.6 Å². The van der Waals surface area contributed by atoms with Gasteiger partial charge in [0.25, 0.3) is 0 Å². The zero-order valence-electron chi connectivity index (χ0n) is 18.7. The molecule has 33 heavy (non-hydrogen) atoms. The molecule has 3 rings (SSSR count). The van der Waals surface area contributed by atoms with Gasteiger partial charge in [-0.3, -0.25) is 19.7 Å². The van der Waals surface area contributed by atoms with Gasteiger partial charge in [-0.15, -0.1) is 0 Å². The highest BCUT2D eigenvalue weighted by Gasteiger charge is 2.37. The van der Waals surface area contributed by atoms with E-state index in [2.05, 4.69) is 5.32 Å². The SMILES string of the molecule is CCOC(=O)[C@H](CCc1ccccc1)NC1CSCC(c2ccccc2)N(CC(=O)O)C1=O. The van der Waals surface area contributed by atoms with Crippen LogP contribution >= 0.6 is 11.8 Å². The summed E-state index contributed by atoms with van der Waals surface area (Å²) in [5.74, 6) is -0.763. The fourth-order valence-electron chi connectivity index (χ4n) is 3.93. The van der Waals surface area contributed by atoms with Gasteiger partial charge in [-0.2, -0.15) is 11.8 Å². The highest BCUT2D eigenvalue weighted by atomic mass is 32.2. The van der Waals surface area contributed by atoms with Crippen molar-refractivity contribution in [2.45, 2.75) is 37.9 Å². The molecular formula is C25H30N2O5S. The van der Waals surface area contributed by atoms with Gasteiger partial charge in [0.15, 0.2) is 0 Å². The average Bonchev–Trinajstić information content (AvgIpc) is 2.96. The third-order valence-electron chi connectivity index (χ3n) is 5.55. The number of ether oxygens (including phenoxy) is 1. The quantitative estimate of drug-likeness (QED) is 0.516. The fourth-order valence-corrected chi connectivity index (χ4v) is 5.13. The molecule has 0 bridgehead atoms. The Hall–Kier alpha value is -2.84. The normalized spacial score (nSPS) is 19.5. The van der Waals surface area contributed by atoms with Crippen molar-refractivity contribution in [3.05, 3.63) is 71.8 Å². The zero-order valence-corrected chi connectivity index (χ0v) is 19.5. The lowest BCUT2D eigenvalue weighted by Crippen LogP contribution is -2.54. The minimum Gasteiger partial charge on any atom is -0.480 e. The van der Waals surface area contributed by atoms with Crippen LogP contribution in [0.1, 0.15) is 30.5 Å². The van der Waals surface area contributed by atoms with E-state index in [-0.39, 0.29) is 18.6 Å². The molecule has 2 N–H and O–H groups in total. The first-order chi connectivity index (χ1) is 16.0. The molecular weight excluding hydrogens is 440 g/mol. The first-order valence-electron chi connectivity index (χ1n) is 11.1. The molecule has 2 aromatic rings. The number of thioether (sulfide) groups is 1. The molecule has 0 spiro atoms. The topological polar surface area (TPSA) is 95.9 Å². The van der Waals surface area contributed by atoms with Crippen molar-refractivity contribution < 1.29 is 24.2 Å². The van der Waals surface area contributed by atoms with E-state index in [0.29, 0.717) is 24.3 Å². The van der Waals surface area contributed by atoms with E-state index in [9.17, 15) is 19.5 Å². The van der Waals surface area contributed by atoms with Crippen molar-refractivity contribution in [1.29, 1.82) is 0 Å². The van der Waals surface area contributed by atoms with Crippen LogP contribution in [0.25, 0.3) is 0 Å². The molecule has 1 amide bonds. The Balaban J connectivity index is 1.79. The van der Waals surface area contributed by atoms with Crippen LogP contribution in [0, 0.1) is 0 Å². The molecule has 0 aromatic heterocycles. The standard InChI is InChI=1S/C25H30N2O5S/c1-2-32-25(31)20(14-13-18-9-5-3-6-10-18)26-21-16-33-17-22(19-11-7-4-8-12-19)27(24(21)30)15-23(28)29/h3-12,20-22,26H,2,13-17H2,1H3,(H,28,29)/t20-,21?,22?/m0/s1. The molecule has 7 nitrogen and oxygen atoms in total. The minimum absolute atomic E-state index is 0.247. The smallest absolute Gasteiger partial charge is 0.323 e. The second-order valence-corrected chi connectivity index (χ2v) is 8.95. The molecule has 1 aliphatic rings. The molecule has 1 fully saturated rings. The summed E-state index contributed by atoms with van der Waals surface area (Å²) in [6, 6.07) is 17.6. The number of aryl methyl sites for hydroxylation is 1. The van der Waals surface area contributed by atoms with Crippen LogP contribution in [0.4, 0.5) is 0 Å². The number of nitrogens with zero attached hydrogens (tertiary/aromatic N) is 1. The molecule has 0 aliphatic carbocycles. The van der Waals surface area contributed by atoms with E-state index < -0.39 is 30.6 Å². The van der Waals surface area contributed by atoms with Crippen LogP contribution in [0.2, 0.25) is 0 Å². The van der Waals surface area contributed by atoms with Gasteiger partial charge in [-0.25, -0.2) is 0 Å². The molecule has 1 saturated heterocycles. The summed E-state index contributed by atoms with van der Waals surface area (Å²) >= 11 is 1.57. The largest absolute Gasteiger partial charge is 0.480 e. The number of carbonyl (C=O) groups excluding carboxylic acids is 2. The Morgan fingerprint density at radius 2 is 1.79 bits per heavy atom. The van der Waals surface area contributed by atoms with Crippen LogP contribution in [-0.4, -0.2) is 64.6 Å². The Labute approximate surface area is 198 Å². The highest BCUT2D eigenvalue weighted by Crippen LogP contribution is 2.29. The number of nitrogens with one attached hydrogen (secondary N) is 1. The van der Waals surface area contributed by atoms with E-state index in [1.807, 2.05) is 60.7 Å². The summed E-state index contributed by atoms with van der Waals surface area (Å²) in [6.07, 6.45) is 1.12. The Morgan fingerprint density at radius 3 is 2.42 bits per heavy atom. The monoisotopic (exact) mass is 470 g/mol. The summed E-state index contributed by atoms with van der Waals surface area (Å²) < 4.78 is 5.26. The first-order valence-corrected chi connectivity index (χ1v) is 12.3. The maximum absolute atomic E-state index is 13.5. The number of hydrogen-bond donors (Lipinski definition) is 2. The van der Waals surface area contributed by atoms with Gasteiger partial charge in [0.05, 0.1) is 18.7 Å². The van der Waals surface area contributed by atoms with Gasteiger partial charge in [0, 0.05) is 11.5 Å². The predicted octanol–water partition coefficient (Wildman–Crippen LogP) is 2.91. The van der Waals surface area contributed by atoms with Crippen molar-refractivity contribution in [1.82, 2.24) is 10.2 Å². The third kappa shape index (κ3) is 7.07. The molecule has 8 heteroatoms. The van der Waals surface area contributed by atoms with Gasteiger partial charge in [-0.05, 0) is 30.9 Å². The summed E-state index contributed by atoms with van der Waals surface area (Å²) in [4.78, 5) is 39.2. The van der Waals surface area contributed by atoms with E-state index >= 15 is 0 Å². The second-order valence-electron chi connectivity index (χ2n) is 7.87. The summed E-state index contributed by atoms with van der Waals surface area (Å²) in [5, 5.41) is 12.7. The molecule has 0 saturated carbocycles.